The van der Waals surface area contributed by atoms with Crippen molar-refractivity contribution in [3.63, 3.8) is 0 Å². The number of hydrogen-bond acceptors (Lipinski definition) is 2. The molecule has 1 aromatic heterocycles. The number of carbonyl (C=O) groups is 1. The number of aliphatic carboxylic acids is 1. The Morgan fingerprint density at radius 3 is 2.43 bits per heavy atom. The van der Waals surface area contributed by atoms with E-state index in [1.807, 2.05) is 18.2 Å². The average molecular weight is 311 g/mol. The van der Waals surface area contributed by atoms with E-state index in [-0.39, 0.29) is 12.0 Å². The third kappa shape index (κ3) is 5.25. The van der Waals surface area contributed by atoms with Crippen LogP contribution in [-0.2, 0) is 17.8 Å². The molecular weight excluding hydrogens is 290 g/mol. The lowest BCUT2D eigenvalue weighted by molar-refractivity contribution is -0.137. The van der Waals surface area contributed by atoms with Crippen LogP contribution in [0.15, 0.2) is 47.4 Å². The monoisotopic (exact) mass is 311 g/mol. The SMILES string of the molecule is CCc1ccc(/C=C/c2ccn(CCCC(=O)O)c(=O)c2)cc1. The molecule has 2 aromatic rings. The van der Waals surface area contributed by atoms with Crippen LogP contribution in [0.4, 0.5) is 0 Å². The zero-order valence-electron chi connectivity index (χ0n) is 13.2. The molecular formula is C19H21NO3. The number of carboxylic acid groups (broad SMARTS) is 1. The van der Waals surface area contributed by atoms with Crippen LogP contribution in [0, 0.1) is 0 Å². The van der Waals surface area contributed by atoms with Gasteiger partial charge in [-0.15, -0.1) is 0 Å². The highest BCUT2D eigenvalue weighted by Crippen LogP contribution is 2.09. The lowest BCUT2D eigenvalue weighted by Gasteiger charge is -2.04. The molecule has 1 N–H and O–H groups in total. The van der Waals surface area contributed by atoms with E-state index in [1.54, 1.807) is 12.3 Å². The highest BCUT2D eigenvalue weighted by Gasteiger charge is 2.00. The zero-order chi connectivity index (χ0) is 16.7. The Morgan fingerprint density at radius 1 is 1.13 bits per heavy atom. The van der Waals surface area contributed by atoms with Crippen molar-refractivity contribution in [2.75, 3.05) is 0 Å². The van der Waals surface area contributed by atoms with Crippen LogP contribution in [0.2, 0.25) is 0 Å². The van der Waals surface area contributed by atoms with Gasteiger partial charge in [-0.2, -0.15) is 0 Å². The lowest BCUT2D eigenvalue weighted by Crippen LogP contribution is -2.19. The van der Waals surface area contributed by atoms with Gasteiger partial charge in [0.25, 0.3) is 5.56 Å². The van der Waals surface area contributed by atoms with Crippen LogP contribution >= 0.6 is 0 Å². The Bertz CT molecular complexity index is 742. The van der Waals surface area contributed by atoms with Gasteiger partial charge in [-0.25, -0.2) is 0 Å². The van der Waals surface area contributed by atoms with Crippen LogP contribution in [-0.4, -0.2) is 15.6 Å². The number of aryl methyl sites for hydroxylation is 2. The third-order valence-electron chi connectivity index (χ3n) is 3.67. The highest BCUT2D eigenvalue weighted by molar-refractivity contribution is 5.69. The number of pyridine rings is 1. The Balaban J connectivity index is 2.03. The Labute approximate surface area is 135 Å². The largest absolute Gasteiger partial charge is 0.481 e. The molecule has 0 radical (unpaired) electrons. The van der Waals surface area contributed by atoms with Crippen molar-refractivity contribution in [3.8, 4) is 0 Å². The summed E-state index contributed by atoms with van der Waals surface area (Å²) in [5.74, 6) is -0.841. The molecule has 4 heteroatoms. The van der Waals surface area contributed by atoms with Crippen molar-refractivity contribution < 1.29 is 9.90 Å². The summed E-state index contributed by atoms with van der Waals surface area (Å²) in [6.45, 7) is 2.55. The normalized spacial score (nSPS) is 11.0. The van der Waals surface area contributed by atoms with Crippen molar-refractivity contribution >= 4 is 18.1 Å². The summed E-state index contributed by atoms with van der Waals surface area (Å²) < 4.78 is 1.54. The van der Waals surface area contributed by atoms with E-state index in [4.69, 9.17) is 5.11 Å². The van der Waals surface area contributed by atoms with Crippen LogP contribution in [0.1, 0.15) is 36.5 Å². The minimum atomic E-state index is -0.841. The van der Waals surface area contributed by atoms with Gasteiger partial charge in [0.2, 0.25) is 0 Å². The van der Waals surface area contributed by atoms with Gasteiger partial charge in [-0.3, -0.25) is 9.59 Å². The predicted molar refractivity (Wildman–Crippen MR) is 92.3 cm³/mol. The first-order chi connectivity index (χ1) is 11.1. The number of hydrogen-bond donors (Lipinski definition) is 1. The molecule has 0 bridgehead atoms. The molecule has 1 aromatic carbocycles. The number of carboxylic acids is 1. The summed E-state index contributed by atoms with van der Waals surface area (Å²) in [5.41, 5.74) is 3.11. The molecule has 0 saturated heterocycles. The lowest BCUT2D eigenvalue weighted by atomic mass is 10.1. The zero-order valence-corrected chi connectivity index (χ0v) is 13.2. The van der Waals surface area contributed by atoms with E-state index in [1.165, 1.54) is 10.1 Å². The molecule has 2 rings (SSSR count). The Hall–Kier alpha value is -2.62. The predicted octanol–water partition coefficient (Wildman–Crippen LogP) is 3.45. The molecule has 0 aliphatic rings. The number of aromatic nitrogens is 1. The molecule has 0 unspecified atom stereocenters. The van der Waals surface area contributed by atoms with Gasteiger partial charge in [-0.05, 0) is 35.6 Å². The first-order valence-electron chi connectivity index (χ1n) is 7.78. The highest BCUT2D eigenvalue weighted by atomic mass is 16.4. The standard InChI is InChI=1S/C19H21NO3/c1-2-15-5-7-16(8-6-15)9-10-17-11-13-20(18(21)14-17)12-3-4-19(22)23/h5-11,13-14H,2-4,12H2,1H3,(H,22,23)/b10-9+. The smallest absolute Gasteiger partial charge is 0.303 e. The molecule has 0 saturated carbocycles. The van der Waals surface area contributed by atoms with Gasteiger partial charge in [0.1, 0.15) is 0 Å². The molecule has 4 nitrogen and oxygen atoms in total. The van der Waals surface area contributed by atoms with Crippen molar-refractivity contribution in [1.82, 2.24) is 4.57 Å². The maximum atomic E-state index is 12.0. The van der Waals surface area contributed by atoms with E-state index in [9.17, 15) is 9.59 Å². The topological polar surface area (TPSA) is 59.3 Å². The Morgan fingerprint density at radius 2 is 1.83 bits per heavy atom. The summed E-state index contributed by atoms with van der Waals surface area (Å²) in [6.07, 6.45) is 7.14. The van der Waals surface area contributed by atoms with Gasteiger partial charge in [0, 0.05) is 25.2 Å². The van der Waals surface area contributed by atoms with E-state index in [2.05, 4.69) is 31.2 Å². The molecule has 0 aliphatic carbocycles. The number of nitrogens with zero attached hydrogens (tertiary/aromatic N) is 1. The van der Waals surface area contributed by atoms with Crippen LogP contribution in [0.25, 0.3) is 12.2 Å². The van der Waals surface area contributed by atoms with Crippen LogP contribution in [0.5, 0.6) is 0 Å². The molecule has 120 valence electrons. The fraction of sp³-hybridized carbons (Fsp3) is 0.263. The molecule has 0 amide bonds. The molecule has 0 spiro atoms. The second kappa shape index (κ2) is 8.13. The van der Waals surface area contributed by atoms with Gasteiger partial charge in [-0.1, -0.05) is 43.3 Å². The minimum Gasteiger partial charge on any atom is -0.481 e. The first-order valence-corrected chi connectivity index (χ1v) is 7.78. The maximum absolute atomic E-state index is 12.0. The van der Waals surface area contributed by atoms with E-state index >= 15 is 0 Å². The summed E-state index contributed by atoms with van der Waals surface area (Å²) in [4.78, 5) is 22.5. The summed E-state index contributed by atoms with van der Waals surface area (Å²) in [6, 6.07) is 11.7. The van der Waals surface area contributed by atoms with Gasteiger partial charge < -0.3 is 9.67 Å². The maximum Gasteiger partial charge on any atom is 0.303 e. The van der Waals surface area contributed by atoms with E-state index in [0.29, 0.717) is 13.0 Å². The van der Waals surface area contributed by atoms with Crippen molar-refractivity contribution in [2.24, 2.45) is 0 Å². The second-order valence-corrected chi connectivity index (χ2v) is 5.42. The van der Waals surface area contributed by atoms with Gasteiger partial charge >= 0.3 is 5.97 Å². The third-order valence-corrected chi connectivity index (χ3v) is 3.67. The summed E-state index contributed by atoms with van der Waals surface area (Å²) in [7, 11) is 0. The Kier molecular flexibility index (Phi) is 5.92. The van der Waals surface area contributed by atoms with Crippen molar-refractivity contribution in [2.45, 2.75) is 32.7 Å². The van der Waals surface area contributed by atoms with Crippen molar-refractivity contribution in [3.05, 3.63) is 69.6 Å². The molecule has 0 fully saturated rings. The number of rotatable bonds is 7. The molecule has 0 aliphatic heterocycles. The number of benzene rings is 1. The van der Waals surface area contributed by atoms with Crippen molar-refractivity contribution in [1.29, 1.82) is 0 Å². The van der Waals surface area contributed by atoms with Gasteiger partial charge in [0.15, 0.2) is 0 Å². The molecule has 0 atom stereocenters. The summed E-state index contributed by atoms with van der Waals surface area (Å²) >= 11 is 0. The fourth-order valence-electron chi connectivity index (χ4n) is 2.27. The van der Waals surface area contributed by atoms with Crippen LogP contribution < -0.4 is 5.56 Å². The fourth-order valence-corrected chi connectivity index (χ4v) is 2.27. The second-order valence-electron chi connectivity index (χ2n) is 5.42. The molecule has 23 heavy (non-hydrogen) atoms. The van der Waals surface area contributed by atoms with E-state index < -0.39 is 5.97 Å². The van der Waals surface area contributed by atoms with Gasteiger partial charge in [0.05, 0.1) is 0 Å². The van der Waals surface area contributed by atoms with Crippen LogP contribution in [0.3, 0.4) is 0 Å². The first kappa shape index (κ1) is 16.7. The minimum absolute atomic E-state index is 0.0713. The summed E-state index contributed by atoms with van der Waals surface area (Å²) in [5, 5.41) is 8.62. The average Bonchev–Trinajstić information content (AvgIpc) is 2.55. The molecule has 1 heterocycles. The quantitative estimate of drug-likeness (QED) is 0.852. The van der Waals surface area contributed by atoms with E-state index in [0.717, 1.165) is 17.5 Å².